The fraction of sp³-hybridized carbons (Fsp3) is 0.667. The molecular weight excluding hydrogens is 230 g/mol. The molecule has 0 saturated heterocycles. The molecule has 1 nitrogen and oxygen atoms in total. The Balaban J connectivity index is 3.11. The summed E-state index contributed by atoms with van der Waals surface area (Å²) in [5.41, 5.74) is 4.42. The molecule has 0 aromatic heterocycles. The molecule has 0 radical (unpaired) electrons. The highest BCUT2D eigenvalue weighted by atomic mass is 15.1. The molecule has 1 rings (SSSR count). The summed E-state index contributed by atoms with van der Waals surface area (Å²) < 4.78 is 0. The molecule has 0 aliphatic carbocycles. The van der Waals surface area contributed by atoms with E-state index in [9.17, 15) is 0 Å². The third-order valence-corrected chi connectivity index (χ3v) is 4.10. The lowest BCUT2D eigenvalue weighted by atomic mass is 9.86. The predicted octanol–water partition coefficient (Wildman–Crippen LogP) is 5.31. The Morgan fingerprint density at radius 3 is 2.26 bits per heavy atom. The summed E-state index contributed by atoms with van der Waals surface area (Å²) in [6.45, 7) is 13.6. The molecule has 0 aliphatic heterocycles. The molecule has 0 amide bonds. The summed E-state index contributed by atoms with van der Waals surface area (Å²) in [5.74, 6) is 0. The van der Waals surface area contributed by atoms with Crippen LogP contribution in [0.5, 0.6) is 0 Å². The van der Waals surface area contributed by atoms with Crippen molar-refractivity contribution in [3.8, 4) is 0 Å². The van der Waals surface area contributed by atoms with Crippen LogP contribution in [0.3, 0.4) is 0 Å². The van der Waals surface area contributed by atoms with Crippen molar-refractivity contribution in [2.45, 2.75) is 72.3 Å². The Labute approximate surface area is 120 Å². The smallest absolute Gasteiger partial charge is 0.0398 e. The van der Waals surface area contributed by atoms with Crippen molar-refractivity contribution in [2.75, 3.05) is 11.9 Å². The normalized spacial score (nSPS) is 13.4. The number of hydrogen-bond donors (Lipinski definition) is 0. The zero-order valence-electron chi connectivity index (χ0n) is 13.9. The third kappa shape index (κ3) is 3.99. The third-order valence-electron chi connectivity index (χ3n) is 4.10. The molecule has 1 unspecified atom stereocenters. The summed E-state index contributed by atoms with van der Waals surface area (Å²) in [5, 5.41) is 0. The van der Waals surface area contributed by atoms with Crippen LogP contribution in [0.15, 0.2) is 18.2 Å². The monoisotopic (exact) mass is 261 g/mol. The van der Waals surface area contributed by atoms with E-state index in [-0.39, 0.29) is 5.41 Å². The van der Waals surface area contributed by atoms with E-state index in [0.717, 1.165) is 0 Å². The lowest BCUT2D eigenvalue weighted by Gasteiger charge is -2.32. The molecule has 0 aliphatic rings. The molecule has 0 N–H and O–H groups in total. The van der Waals surface area contributed by atoms with Crippen molar-refractivity contribution in [1.82, 2.24) is 0 Å². The molecule has 108 valence electrons. The van der Waals surface area contributed by atoms with Crippen LogP contribution in [0.1, 0.15) is 65.0 Å². The second kappa shape index (κ2) is 6.45. The first kappa shape index (κ1) is 16.1. The van der Waals surface area contributed by atoms with Crippen molar-refractivity contribution in [3.05, 3.63) is 29.3 Å². The number of benzene rings is 1. The minimum absolute atomic E-state index is 0.218. The first-order valence-electron chi connectivity index (χ1n) is 7.65. The molecule has 19 heavy (non-hydrogen) atoms. The second-order valence-electron chi connectivity index (χ2n) is 6.71. The Bertz CT molecular complexity index is 401. The summed E-state index contributed by atoms with van der Waals surface area (Å²) in [6.07, 6.45) is 3.73. The summed E-state index contributed by atoms with van der Waals surface area (Å²) in [7, 11) is 2.25. The van der Waals surface area contributed by atoms with Gasteiger partial charge in [0, 0.05) is 18.8 Å². The fourth-order valence-corrected chi connectivity index (χ4v) is 2.66. The first-order chi connectivity index (χ1) is 8.81. The molecule has 1 aromatic carbocycles. The zero-order chi connectivity index (χ0) is 14.6. The predicted molar refractivity (Wildman–Crippen MR) is 87.3 cm³/mol. The van der Waals surface area contributed by atoms with Crippen LogP contribution >= 0.6 is 0 Å². The minimum Gasteiger partial charge on any atom is -0.371 e. The highest BCUT2D eigenvalue weighted by Crippen LogP contribution is 2.30. The van der Waals surface area contributed by atoms with Gasteiger partial charge in [0.05, 0.1) is 0 Å². The topological polar surface area (TPSA) is 3.24 Å². The van der Waals surface area contributed by atoms with Crippen molar-refractivity contribution in [1.29, 1.82) is 0 Å². The SMILES string of the molecule is CCCC(CC)N(C)c1cc(C(C)(C)C)ccc1C. The molecule has 0 bridgehead atoms. The van der Waals surface area contributed by atoms with Crippen molar-refractivity contribution >= 4 is 5.69 Å². The number of anilines is 1. The molecular formula is C18H31N. The molecule has 0 heterocycles. The molecule has 1 aromatic rings. The van der Waals surface area contributed by atoms with Crippen LogP contribution < -0.4 is 4.90 Å². The van der Waals surface area contributed by atoms with Gasteiger partial charge in [0.15, 0.2) is 0 Å². The summed E-state index contributed by atoms with van der Waals surface area (Å²) in [6, 6.07) is 7.57. The van der Waals surface area contributed by atoms with E-state index in [1.54, 1.807) is 0 Å². The standard InChI is InChI=1S/C18H31N/c1-8-10-16(9-2)19(7)17-13-15(18(4,5)6)12-11-14(17)3/h11-13,16H,8-10H2,1-7H3. The van der Waals surface area contributed by atoms with Gasteiger partial charge in [-0.05, 0) is 42.4 Å². The molecule has 1 heteroatoms. The van der Waals surface area contributed by atoms with Gasteiger partial charge >= 0.3 is 0 Å². The van der Waals surface area contributed by atoms with Gasteiger partial charge in [-0.15, -0.1) is 0 Å². The van der Waals surface area contributed by atoms with Gasteiger partial charge in [0.25, 0.3) is 0 Å². The van der Waals surface area contributed by atoms with Crippen LogP contribution in [-0.2, 0) is 5.41 Å². The maximum Gasteiger partial charge on any atom is 0.0398 e. The minimum atomic E-state index is 0.218. The van der Waals surface area contributed by atoms with Crippen LogP contribution in [0.4, 0.5) is 5.69 Å². The van der Waals surface area contributed by atoms with Crippen molar-refractivity contribution in [3.63, 3.8) is 0 Å². The molecule has 0 saturated carbocycles. The van der Waals surface area contributed by atoms with Gasteiger partial charge in [0.1, 0.15) is 0 Å². The quantitative estimate of drug-likeness (QED) is 0.694. The number of hydrogen-bond acceptors (Lipinski definition) is 1. The van der Waals surface area contributed by atoms with E-state index in [1.165, 1.54) is 36.1 Å². The number of aryl methyl sites for hydroxylation is 1. The fourth-order valence-electron chi connectivity index (χ4n) is 2.66. The Kier molecular flexibility index (Phi) is 5.46. The Hall–Kier alpha value is -0.980. The second-order valence-corrected chi connectivity index (χ2v) is 6.71. The lowest BCUT2D eigenvalue weighted by Crippen LogP contribution is -2.31. The van der Waals surface area contributed by atoms with E-state index in [1.807, 2.05) is 0 Å². The van der Waals surface area contributed by atoms with Gasteiger partial charge < -0.3 is 4.90 Å². The van der Waals surface area contributed by atoms with Crippen LogP contribution in [-0.4, -0.2) is 13.1 Å². The van der Waals surface area contributed by atoms with Gasteiger partial charge in [-0.3, -0.25) is 0 Å². The van der Waals surface area contributed by atoms with Crippen LogP contribution in [0.2, 0.25) is 0 Å². The summed E-state index contributed by atoms with van der Waals surface area (Å²) >= 11 is 0. The average molecular weight is 261 g/mol. The van der Waals surface area contributed by atoms with Gasteiger partial charge in [-0.2, -0.15) is 0 Å². The maximum absolute atomic E-state index is 2.48. The largest absolute Gasteiger partial charge is 0.371 e. The molecule has 0 spiro atoms. The van der Waals surface area contributed by atoms with Crippen molar-refractivity contribution in [2.24, 2.45) is 0 Å². The Morgan fingerprint density at radius 1 is 1.16 bits per heavy atom. The first-order valence-corrected chi connectivity index (χ1v) is 7.65. The Morgan fingerprint density at radius 2 is 1.79 bits per heavy atom. The van der Waals surface area contributed by atoms with Crippen LogP contribution in [0, 0.1) is 6.92 Å². The van der Waals surface area contributed by atoms with Crippen LogP contribution in [0.25, 0.3) is 0 Å². The van der Waals surface area contributed by atoms with Gasteiger partial charge in [-0.1, -0.05) is 53.2 Å². The van der Waals surface area contributed by atoms with E-state index >= 15 is 0 Å². The molecule has 1 atom stereocenters. The van der Waals surface area contributed by atoms with E-state index in [2.05, 4.69) is 71.7 Å². The van der Waals surface area contributed by atoms with Crippen molar-refractivity contribution < 1.29 is 0 Å². The van der Waals surface area contributed by atoms with Gasteiger partial charge in [0.2, 0.25) is 0 Å². The number of nitrogens with zero attached hydrogens (tertiary/aromatic N) is 1. The average Bonchev–Trinajstić information content (AvgIpc) is 2.34. The van der Waals surface area contributed by atoms with E-state index in [4.69, 9.17) is 0 Å². The van der Waals surface area contributed by atoms with Gasteiger partial charge in [-0.25, -0.2) is 0 Å². The lowest BCUT2D eigenvalue weighted by molar-refractivity contribution is 0.553. The maximum atomic E-state index is 2.48. The van der Waals surface area contributed by atoms with E-state index < -0.39 is 0 Å². The number of rotatable bonds is 5. The molecule has 0 fully saturated rings. The van der Waals surface area contributed by atoms with E-state index in [0.29, 0.717) is 6.04 Å². The highest BCUT2D eigenvalue weighted by Gasteiger charge is 2.18. The summed E-state index contributed by atoms with van der Waals surface area (Å²) in [4.78, 5) is 2.48. The zero-order valence-corrected chi connectivity index (χ0v) is 13.9. The highest BCUT2D eigenvalue weighted by molar-refractivity contribution is 5.56.